The molecule has 1 heterocycles. The summed E-state index contributed by atoms with van der Waals surface area (Å²) in [5, 5.41) is 4.44. The summed E-state index contributed by atoms with van der Waals surface area (Å²) in [6.07, 6.45) is 0. The summed E-state index contributed by atoms with van der Waals surface area (Å²) in [5.41, 5.74) is 3.09. The number of carbonyl (C=O) groups is 1. The van der Waals surface area contributed by atoms with E-state index in [4.69, 9.17) is 16.6 Å². The summed E-state index contributed by atoms with van der Waals surface area (Å²) in [4.78, 5) is 17.3. The molecule has 0 unspecified atom stereocenters. The number of para-hydroxylation sites is 1. The fraction of sp³-hybridized carbons (Fsp3) is 0. The zero-order valence-corrected chi connectivity index (χ0v) is 16.5. The van der Waals surface area contributed by atoms with Crippen molar-refractivity contribution < 1.29 is 4.79 Å². The molecule has 0 atom stereocenters. The molecule has 1 amide bonds. The van der Waals surface area contributed by atoms with Crippen LogP contribution >= 0.6 is 38.9 Å². The van der Waals surface area contributed by atoms with Crippen LogP contribution in [0.5, 0.6) is 0 Å². The molecule has 0 bridgehead atoms. The van der Waals surface area contributed by atoms with Crippen molar-refractivity contribution in [2.75, 3.05) is 5.32 Å². The molecule has 0 spiro atoms. The Hall–Kier alpha value is -2.21. The van der Waals surface area contributed by atoms with Gasteiger partial charge in [0.2, 0.25) is 0 Å². The fourth-order valence-electron chi connectivity index (χ4n) is 2.59. The molecule has 128 valence electrons. The maximum atomic E-state index is 12.6. The van der Waals surface area contributed by atoms with Crippen LogP contribution in [0, 0.1) is 0 Å². The van der Waals surface area contributed by atoms with Crippen molar-refractivity contribution in [1.29, 1.82) is 0 Å². The van der Waals surface area contributed by atoms with Crippen LogP contribution in [0.15, 0.2) is 71.2 Å². The number of halogens is 2. The highest BCUT2D eigenvalue weighted by Crippen LogP contribution is 2.36. The lowest BCUT2D eigenvalue weighted by Gasteiger charge is -2.10. The average Bonchev–Trinajstić information content (AvgIpc) is 3.07. The smallest absolute Gasteiger partial charge is 0.255 e. The third-order valence-electron chi connectivity index (χ3n) is 3.86. The van der Waals surface area contributed by atoms with E-state index >= 15 is 0 Å². The van der Waals surface area contributed by atoms with Crippen molar-refractivity contribution >= 4 is 60.7 Å². The number of carbonyl (C=O) groups excluding carboxylic acids is 1. The molecule has 0 saturated heterocycles. The molecule has 3 nitrogen and oxygen atoms in total. The number of benzene rings is 3. The number of rotatable bonds is 3. The first kappa shape index (κ1) is 17.2. The van der Waals surface area contributed by atoms with Crippen molar-refractivity contribution in [2.24, 2.45) is 0 Å². The van der Waals surface area contributed by atoms with Crippen LogP contribution in [0.2, 0.25) is 5.02 Å². The SMILES string of the molecule is O=C(Nc1ccc(Br)cc1-c1nc2ccccc2s1)c1ccc(Cl)cc1. The summed E-state index contributed by atoms with van der Waals surface area (Å²) >= 11 is 11.0. The first-order chi connectivity index (χ1) is 12.6. The van der Waals surface area contributed by atoms with Crippen molar-refractivity contribution in [3.63, 3.8) is 0 Å². The van der Waals surface area contributed by atoms with Gasteiger partial charge in [0, 0.05) is 20.6 Å². The Morgan fingerprint density at radius 1 is 1.04 bits per heavy atom. The number of aromatic nitrogens is 1. The minimum absolute atomic E-state index is 0.189. The first-order valence-electron chi connectivity index (χ1n) is 7.82. The van der Waals surface area contributed by atoms with Crippen LogP contribution in [0.4, 0.5) is 5.69 Å². The number of nitrogens with one attached hydrogen (secondary N) is 1. The van der Waals surface area contributed by atoms with Gasteiger partial charge in [0.25, 0.3) is 5.91 Å². The van der Waals surface area contributed by atoms with Crippen LogP contribution in [0.25, 0.3) is 20.8 Å². The second-order valence-corrected chi connectivity index (χ2v) is 8.02. The van der Waals surface area contributed by atoms with Gasteiger partial charge in [0.05, 0.1) is 15.9 Å². The van der Waals surface area contributed by atoms with Crippen LogP contribution in [-0.4, -0.2) is 10.9 Å². The number of amides is 1. The standard InChI is InChI=1S/C20H12BrClN2OS/c21-13-7-10-16(23-19(25)12-5-8-14(22)9-6-12)15(11-13)20-24-17-3-1-2-4-18(17)26-20/h1-11H,(H,23,25). The molecule has 0 saturated carbocycles. The van der Waals surface area contributed by atoms with Gasteiger partial charge >= 0.3 is 0 Å². The van der Waals surface area contributed by atoms with E-state index in [1.54, 1.807) is 35.6 Å². The molecule has 4 aromatic rings. The Morgan fingerprint density at radius 3 is 2.58 bits per heavy atom. The lowest BCUT2D eigenvalue weighted by molar-refractivity contribution is 0.102. The Bertz CT molecular complexity index is 1080. The summed E-state index contributed by atoms with van der Waals surface area (Å²) in [7, 11) is 0. The summed E-state index contributed by atoms with van der Waals surface area (Å²) in [6, 6.07) is 20.5. The molecule has 6 heteroatoms. The van der Waals surface area contributed by atoms with E-state index in [0.29, 0.717) is 16.3 Å². The first-order valence-corrected chi connectivity index (χ1v) is 9.81. The van der Waals surface area contributed by atoms with Gasteiger partial charge in [-0.15, -0.1) is 11.3 Å². The van der Waals surface area contributed by atoms with E-state index in [1.165, 1.54) is 0 Å². The average molecular weight is 444 g/mol. The molecule has 1 aromatic heterocycles. The minimum atomic E-state index is -0.189. The third kappa shape index (κ3) is 3.51. The van der Waals surface area contributed by atoms with E-state index in [9.17, 15) is 4.79 Å². The maximum absolute atomic E-state index is 12.6. The highest BCUT2D eigenvalue weighted by molar-refractivity contribution is 9.10. The molecule has 0 fully saturated rings. The zero-order chi connectivity index (χ0) is 18.1. The number of thiazole rings is 1. The van der Waals surface area contributed by atoms with Crippen LogP contribution in [0.1, 0.15) is 10.4 Å². The zero-order valence-electron chi connectivity index (χ0n) is 13.4. The molecule has 0 radical (unpaired) electrons. The van der Waals surface area contributed by atoms with Crippen molar-refractivity contribution in [3.05, 3.63) is 81.8 Å². The molecule has 0 aliphatic rings. The van der Waals surface area contributed by atoms with Gasteiger partial charge in [-0.3, -0.25) is 4.79 Å². The van der Waals surface area contributed by atoms with E-state index < -0.39 is 0 Å². The van der Waals surface area contributed by atoms with Gasteiger partial charge in [-0.2, -0.15) is 0 Å². The van der Waals surface area contributed by atoms with Gasteiger partial charge in [-0.25, -0.2) is 4.98 Å². The van der Waals surface area contributed by atoms with Crippen LogP contribution in [-0.2, 0) is 0 Å². The van der Waals surface area contributed by atoms with Crippen molar-refractivity contribution in [1.82, 2.24) is 4.98 Å². The Morgan fingerprint density at radius 2 is 1.81 bits per heavy atom. The molecular formula is C20H12BrClN2OS. The number of hydrogen-bond donors (Lipinski definition) is 1. The number of anilines is 1. The van der Waals surface area contributed by atoms with Gasteiger partial charge in [-0.05, 0) is 54.6 Å². The van der Waals surface area contributed by atoms with Gasteiger partial charge in [0.15, 0.2) is 0 Å². The number of hydrogen-bond acceptors (Lipinski definition) is 3. The summed E-state index contributed by atoms with van der Waals surface area (Å²) in [5.74, 6) is -0.189. The number of nitrogens with zero attached hydrogens (tertiary/aromatic N) is 1. The lowest BCUT2D eigenvalue weighted by atomic mass is 10.1. The molecule has 4 rings (SSSR count). The van der Waals surface area contributed by atoms with Gasteiger partial charge in [-0.1, -0.05) is 39.7 Å². The van der Waals surface area contributed by atoms with E-state index in [1.807, 2.05) is 42.5 Å². The number of fused-ring (bicyclic) bond motifs is 1. The molecule has 3 aromatic carbocycles. The maximum Gasteiger partial charge on any atom is 0.255 e. The van der Waals surface area contributed by atoms with E-state index in [2.05, 4.69) is 21.2 Å². The highest BCUT2D eigenvalue weighted by Gasteiger charge is 2.14. The second-order valence-electron chi connectivity index (χ2n) is 5.64. The lowest BCUT2D eigenvalue weighted by Crippen LogP contribution is -2.12. The summed E-state index contributed by atoms with van der Waals surface area (Å²) in [6.45, 7) is 0. The van der Waals surface area contributed by atoms with Crippen LogP contribution < -0.4 is 5.32 Å². The van der Waals surface area contributed by atoms with Crippen molar-refractivity contribution in [3.8, 4) is 10.6 Å². The molecular weight excluding hydrogens is 432 g/mol. The third-order valence-corrected chi connectivity index (χ3v) is 5.68. The van der Waals surface area contributed by atoms with Gasteiger partial charge < -0.3 is 5.32 Å². The molecule has 1 N–H and O–H groups in total. The Labute approximate surface area is 167 Å². The monoisotopic (exact) mass is 442 g/mol. The molecule has 0 aliphatic heterocycles. The molecule has 0 aliphatic carbocycles. The minimum Gasteiger partial charge on any atom is -0.321 e. The summed E-state index contributed by atoms with van der Waals surface area (Å²) < 4.78 is 2.04. The Kier molecular flexibility index (Phi) is 4.76. The predicted molar refractivity (Wildman–Crippen MR) is 112 cm³/mol. The largest absolute Gasteiger partial charge is 0.321 e. The Balaban J connectivity index is 1.72. The van der Waals surface area contributed by atoms with Crippen molar-refractivity contribution in [2.45, 2.75) is 0 Å². The van der Waals surface area contributed by atoms with E-state index in [0.717, 1.165) is 25.3 Å². The quantitative estimate of drug-likeness (QED) is 0.386. The van der Waals surface area contributed by atoms with E-state index in [-0.39, 0.29) is 5.91 Å². The predicted octanol–water partition coefficient (Wildman–Crippen LogP) is 6.63. The topological polar surface area (TPSA) is 42.0 Å². The van der Waals surface area contributed by atoms with Crippen LogP contribution in [0.3, 0.4) is 0 Å². The molecule has 26 heavy (non-hydrogen) atoms. The normalized spacial score (nSPS) is 10.8. The fourth-order valence-corrected chi connectivity index (χ4v) is 4.07. The van der Waals surface area contributed by atoms with Gasteiger partial charge in [0.1, 0.15) is 5.01 Å². The highest BCUT2D eigenvalue weighted by atomic mass is 79.9. The second kappa shape index (κ2) is 7.19.